The summed E-state index contributed by atoms with van der Waals surface area (Å²) in [6.07, 6.45) is 0. The Labute approximate surface area is 93.7 Å². The van der Waals surface area contributed by atoms with Crippen molar-refractivity contribution in [1.82, 2.24) is 0 Å². The first-order valence-electron chi connectivity index (χ1n) is 0.783. The zero-order valence-corrected chi connectivity index (χ0v) is 4.59. The molecule has 0 spiro atoms. The molecule has 0 atom stereocenters. The minimum atomic E-state index is -4.64. The van der Waals surface area contributed by atoms with E-state index in [0.29, 0.717) is 0 Å². The third-order valence-electron chi connectivity index (χ3n) is 0. The molecule has 0 aliphatic carbocycles. The number of rotatable bonds is 0. The van der Waals surface area contributed by atoms with Gasteiger partial charge in [0.05, 0.1) is 0 Å². The van der Waals surface area contributed by atoms with Crippen molar-refractivity contribution in [1.29, 1.82) is 0 Å². The van der Waals surface area contributed by atoms with E-state index in [4.69, 9.17) is 19.2 Å². The van der Waals surface area contributed by atoms with Gasteiger partial charge < -0.3 is 31.1 Å². The number of phosphoric acid groups is 1. The van der Waals surface area contributed by atoms with Gasteiger partial charge in [-0.05, 0) is 0 Å². The molecule has 0 aliphatic heterocycles. The van der Waals surface area contributed by atoms with E-state index in [2.05, 4.69) is 0 Å². The van der Waals surface area contributed by atoms with Crippen molar-refractivity contribution >= 4 is 59.2 Å². The maximum absolute atomic E-state index is 8.88. The summed E-state index contributed by atoms with van der Waals surface area (Å²) in [5.74, 6) is 0. The van der Waals surface area contributed by atoms with Crippen LogP contribution in [0.15, 0.2) is 0 Å². The van der Waals surface area contributed by atoms with E-state index in [9.17, 15) is 0 Å². The summed E-state index contributed by atoms with van der Waals surface area (Å²) in [5, 5.41) is 0. The SMILES string of the molecule is O.O.O.O=P(O)(O)O.[KH]. The molecular weight excluding hydrogens is 182 g/mol. The summed E-state index contributed by atoms with van der Waals surface area (Å²) in [6, 6.07) is 0. The van der Waals surface area contributed by atoms with Crippen LogP contribution in [0.1, 0.15) is 0 Å². The van der Waals surface area contributed by atoms with Gasteiger partial charge in [0.15, 0.2) is 0 Å². The third kappa shape index (κ3) is 212. The van der Waals surface area contributed by atoms with E-state index < -0.39 is 7.82 Å². The monoisotopic (exact) mass is 192 g/mol. The molecule has 0 aromatic carbocycles. The van der Waals surface area contributed by atoms with Crippen LogP contribution in [0.25, 0.3) is 0 Å². The summed E-state index contributed by atoms with van der Waals surface area (Å²) in [6.45, 7) is 0. The summed E-state index contributed by atoms with van der Waals surface area (Å²) >= 11 is 0. The second kappa shape index (κ2) is 12.3. The van der Waals surface area contributed by atoms with Gasteiger partial charge in [0.25, 0.3) is 0 Å². The van der Waals surface area contributed by atoms with Gasteiger partial charge in [0, 0.05) is 0 Å². The van der Waals surface area contributed by atoms with Gasteiger partial charge in [0.1, 0.15) is 0 Å². The maximum atomic E-state index is 8.88. The molecule has 9 heteroatoms. The van der Waals surface area contributed by atoms with E-state index in [1.807, 2.05) is 0 Å². The van der Waals surface area contributed by atoms with Crippen molar-refractivity contribution in [2.75, 3.05) is 0 Å². The molecule has 0 saturated heterocycles. The van der Waals surface area contributed by atoms with Gasteiger partial charge in [-0.3, -0.25) is 0 Å². The fraction of sp³-hybridized carbons (Fsp3) is 0. The van der Waals surface area contributed by atoms with Crippen molar-refractivity contribution in [2.24, 2.45) is 0 Å². The Balaban J connectivity index is -0.0000000133. The quantitative estimate of drug-likeness (QED) is 0.262. The Morgan fingerprint density at radius 3 is 0.889 bits per heavy atom. The van der Waals surface area contributed by atoms with Gasteiger partial charge in [0.2, 0.25) is 0 Å². The molecule has 0 heterocycles. The molecule has 9 heavy (non-hydrogen) atoms. The van der Waals surface area contributed by atoms with Crippen LogP contribution < -0.4 is 0 Å². The van der Waals surface area contributed by atoms with Crippen molar-refractivity contribution in [3.63, 3.8) is 0 Å². The standard InChI is InChI=1S/K.H3O4P.3H2O.H/c;1-5(2,3)4;;;;/h;(H3,1,2,3,4);3*1H2;. The van der Waals surface area contributed by atoms with Crippen LogP contribution in [-0.2, 0) is 4.57 Å². The van der Waals surface area contributed by atoms with Gasteiger partial charge in [-0.15, -0.1) is 0 Å². The van der Waals surface area contributed by atoms with Gasteiger partial charge in [-0.1, -0.05) is 0 Å². The van der Waals surface area contributed by atoms with Crippen molar-refractivity contribution in [3.05, 3.63) is 0 Å². The molecule has 0 bridgehead atoms. The van der Waals surface area contributed by atoms with E-state index in [-0.39, 0.29) is 67.8 Å². The second-order valence-corrected chi connectivity index (χ2v) is 1.54. The summed E-state index contributed by atoms with van der Waals surface area (Å²) in [4.78, 5) is 21.6. The van der Waals surface area contributed by atoms with Crippen LogP contribution in [0, 0.1) is 0 Å². The first-order valence-corrected chi connectivity index (χ1v) is 2.35. The molecule has 0 radical (unpaired) electrons. The van der Waals surface area contributed by atoms with E-state index >= 15 is 0 Å². The molecule has 0 aromatic rings. The zero-order valence-electron chi connectivity index (χ0n) is 3.70. The molecule has 7 nitrogen and oxygen atoms in total. The van der Waals surface area contributed by atoms with Gasteiger partial charge in [-0.2, -0.15) is 0 Å². The van der Waals surface area contributed by atoms with Crippen LogP contribution in [0.3, 0.4) is 0 Å². The van der Waals surface area contributed by atoms with Crippen LogP contribution in [0.2, 0.25) is 0 Å². The average molecular weight is 192 g/mol. The fourth-order valence-electron chi connectivity index (χ4n) is 0. The Morgan fingerprint density at radius 2 is 0.889 bits per heavy atom. The van der Waals surface area contributed by atoms with Crippen LogP contribution in [-0.4, -0.2) is 82.5 Å². The van der Waals surface area contributed by atoms with Crippen molar-refractivity contribution < 1.29 is 35.7 Å². The molecule has 0 unspecified atom stereocenters. The molecule has 0 aromatic heterocycles. The predicted octanol–water partition coefficient (Wildman–Crippen LogP) is -4.05. The Hall–Kier alpha value is 1.63. The summed E-state index contributed by atoms with van der Waals surface area (Å²) < 4.78 is 8.88. The molecule has 0 amide bonds. The average Bonchev–Trinajstić information content (AvgIpc) is 0.722. The number of hydrogen-bond acceptors (Lipinski definition) is 1. The normalized spacial score (nSPS) is 6.56. The molecule has 58 valence electrons. The van der Waals surface area contributed by atoms with Crippen LogP contribution in [0.4, 0.5) is 0 Å². The Kier molecular flexibility index (Phi) is 42.6. The summed E-state index contributed by atoms with van der Waals surface area (Å²) in [7, 11) is -4.64. The Morgan fingerprint density at radius 1 is 0.889 bits per heavy atom. The van der Waals surface area contributed by atoms with Gasteiger partial charge >= 0.3 is 59.2 Å². The van der Waals surface area contributed by atoms with Crippen molar-refractivity contribution in [3.8, 4) is 0 Å². The third-order valence-corrected chi connectivity index (χ3v) is 0. The van der Waals surface area contributed by atoms with Crippen LogP contribution >= 0.6 is 7.82 Å². The second-order valence-electron chi connectivity index (χ2n) is 0.513. The summed E-state index contributed by atoms with van der Waals surface area (Å²) in [5.41, 5.74) is 0. The number of hydrogen-bond donors (Lipinski definition) is 3. The topological polar surface area (TPSA) is 172 Å². The molecular formula is H10KO7P. The molecule has 0 rings (SSSR count). The van der Waals surface area contributed by atoms with E-state index in [0.717, 1.165) is 0 Å². The van der Waals surface area contributed by atoms with Crippen LogP contribution in [0.5, 0.6) is 0 Å². The van der Waals surface area contributed by atoms with E-state index in [1.165, 1.54) is 0 Å². The zero-order chi connectivity index (χ0) is 4.50. The molecule has 0 saturated carbocycles. The first-order chi connectivity index (χ1) is 2.00. The molecule has 9 N–H and O–H groups in total. The molecule has 0 fully saturated rings. The Bertz CT molecular complexity index is 55.1. The van der Waals surface area contributed by atoms with Gasteiger partial charge in [-0.25, -0.2) is 4.57 Å². The first kappa shape index (κ1) is 31.1. The minimum absolute atomic E-state index is 0. The fourth-order valence-corrected chi connectivity index (χ4v) is 0. The van der Waals surface area contributed by atoms with E-state index in [1.54, 1.807) is 0 Å². The predicted molar refractivity (Wildman–Crippen MR) is 32.3 cm³/mol. The van der Waals surface area contributed by atoms with Crippen molar-refractivity contribution in [2.45, 2.75) is 0 Å². The molecule has 0 aliphatic rings.